The van der Waals surface area contributed by atoms with Crippen LogP contribution in [-0.2, 0) is 9.53 Å². The number of hydrogen-bond donors (Lipinski definition) is 2. The van der Waals surface area contributed by atoms with Crippen molar-refractivity contribution in [2.75, 3.05) is 37.8 Å². The van der Waals surface area contributed by atoms with Crippen molar-refractivity contribution in [1.29, 1.82) is 0 Å². The summed E-state index contributed by atoms with van der Waals surface area (Å²) in [4.78, 5) is 38.7. The van der Waals surface area contributed by atoms with Gasteiger partial charge in [-0.1, -0.05) is 0 Å². The molecule has 0 spiro atoms. The number of ether oxygens (including phenoxy) is 3. The van der Waals surface area contributed by atoms with Crippen molar-refractivity contribution >= 4 is 23.5 Å². The van der Waals surface area contributed by atoms with Gasteiger partial charge in [0.15, 0.2) is 18.1 Å². The van der Waals surface area contributed by atoms with Crippen LogP contribution in [0.25, 0.3) is 0 Å². The van der Waals surface area contributed by atoms with E-state index in [2.05, 4.69) is 29.6 Å². The summed E-state index contributed by atoms with van der Waals surface area (Å²) in [6.07, 6.45) is 0. The zero-order valence-electron chi connectivity index (χ0n) is 19.5. The standard InChI is InChI=1S/C24H31N3O6/c1-5-27(6-2)19-12-9-17(10-13-19)23(29)26-25-22(28)16-33-24(30)18-11-14-20(31-7-3)21(15-18)32-8-4/h9-15H,5-8,16H2,1-4H3,(H,25,28)(H,26,29). The van der Waals surface area contributed by atoms with Crippen LogP contribution in [0.4, 0.5) is 5.69 Å². The minimum absolute atomic E-state index is 0.215. The van der Waals surface area contributed by atoms with Gasteiger partial charge < -0.3 is 19.1 Å². The Balaban J connectivity index is 1.85. The first-order chi connectivity index (χ1) is 15.9. The van der Waals surface area contributed by atoms with Crippen LogP contribution in [0.5, 0.6) is 11.5 Å². The molecule has 0 unspecified atom stereocenters. The Hall–Kier alpha value is -3.75. The van der Waals surface area contributed by atoms with Gasteiger partial charge in [-0.05, 0) is 70.2 Å². The molecule has 0 saturated carbocycles. The van der Waals surface area contributed by atoms with Gasteiger partial charge in [-0.2, -0.15) is 0 Å². The van der Waals surface area contributed by atoms with Crippen molar-refractivity contribution in [2.24, 2.45) is 0 Å². The number of esters is 1. The Morgan fingerprint density at radius 2 is 1.39 bits per heavy atom. The highest BCUT2D eigenvalue weighted by Crippen LogP contribution is 2.28. The van der Waals surface area contributed by atoms with Crippen molar-refractivity contribution in [1.82, 2.24) is 10.9 Å². The van der Waals surface area contributed by atoms with E-state index in [1.54, 1.807) is 18.2 Å². The molecule has 0 fully saturated rings. The summed E-state index contributed by atoms with van der Waals surface area (Å²) in [6, 6.07) is 11.7. The molecule has 9 nitrogen and oxygen atoms in total. The molecule has 0 atom stereocenters. The van der Waals surface area contributed by atoms with E-state index in [0.717, 1.165) is 18.8 Å². The highest BCUT2D eigenvalue weighted by Gasteiger charge is 2.15. The summed E-state index contributed by atoms with van der Waals surface area (Å²) < 4.78 is 16.0. The number of hydrogen-bond acceptors (Lipinski definition) is 7. The summed E-state index contributed by atoms with van der Waals surface area (Å²) in [7, 11) is 0. The zero-order valence-corrected chi connectivity index (χ0v) is 19.5. The largest absolute Gasteiger partial charge is 0.490 e. The van der Waals surface area contributed by atoms with Crippen LogP contribution in [0.3, 0.4) is 0 Å². The SMILES string of the molecule is CCOc1ccc(C(=O)OCC(=O)NNC(=O)c2ccc(N(CC)CC)cc2)cc1OCC. The van der Waals surface area contributed by atoms with Crippen LogP contribution in [0.2, 0.25) is 0 Å². The van der Waals surface area contributed by atoms with Gasteiger partial charge in [0.1, 0.15) is 0 Å². The molecule has 33 heavy (non-hydrogen) atoms. The lowest BCUT2D eigenvalue weighted by Crippen LogP contribution is -2.43. The second-order valence-electron chi connectivity index (χ2n) is 6.83. The number of rotatable bonds is 11. The molecule has 0 heterocycles. The number of amides is 2. The maximum absolute atomic E-state index is 12.3. The molecule has 2 aromatic rings. The number of anilines is 1. The highest BCUT2D eigenvalue weighted by molar-refractivity contribution is 5.96. The lowest BCUT2D eigenvalue weighted by molar-refractivity contribution is -0.125. The van der Waals surface area contributed by atoms with E-state index in [1.807, 2.05) is 26.0 Å². The van der Waals surface area contributed by atoms with Gasteiger partial charge in [-0.25, -0.2) is 4.79 Å². The maximum atomic E-state index is 12.3. The minimum atomic E-state index is -0.701. The molecule has 2 amide bonds. The molecule has 0 saturated heterocycles. The van der Waals surface area contributed by atoms with Gasteiger partial charge in [-0.15, -0.1) is 0 Å². The highest BCUT2D eigenvalue weighted by atomic mass is 16.5. The van der Waals surface area contributed by atoms with Crippen LogP contribution in [0.15, 0.2) is 42.5 Å². The van der Waals surface area contributed by atoms with Gasteiger partial charge in [0.2, 0.25) is 0 Å². The Morgan fingerprint density at radius 1 is 0.788 bits per heavy atom. The van der Waals surface area contributed by atoms with E-state index in [9.17, 15) is 14.4 Å². The predicted octanol–water partition coefficient (Wildman–Crippen LogP) is 2.95. The van der Waals surface area contributed by atoms with Gasteiger partial charge >= 0.3 is 5.97 Å². The summed E-state index contributed by atoms with van der Waals surface area (Å²) in [5.41, 5.74) is 6.15. The van der Waals surface area contributed by atoms with Crippen molar-refractivity contribution in [3.8, 4) is 11.5 Å². The average molecular weight is 458 g/mol. The Kier molecular flexibility index (Phi) is 10.0. The number of benzene rings is 2. The quantitative estimate of drug-likeness (QED) is 0.395. The van der Waals surface area contributed by atoms with Crippen LogP contribution in [0, 0.1) is 0 Å². The third kappa shape index (κ3) is 7.41. The first-order valence-corrected chi connectivity index (χ1v) is 10.9. The summed E-state index contributed by atoms with van der Waals surface area (Å²) in [5, 5.41) is 0. The summed E-state index contributed by atoms with van der Waals surface area (Å²) >= 11 is 0. The molecule has 0 aromatic heterocycles. The Morgan fingerprint density at radius 3 is 2.00 bits per heavy atom. The van der Waals surface area contributed by atoms with Crippen molar-refractivity contribution < 1.29 is 28.6 Å². The normalized spacial score (nSPS) is 10.2. The topological polar surface area (TPSA) is 106 Å². The molecule has 0 aliphatic heterocycles. The molecule has 0 bridgehead atoms. The number of hydrazine groups is 1. The smallest absolute Gasteiger partial charge is 0.338 e. The fourth-order valence-electron chi connectivity index (χ4n) is 3.04. The summed E-state index contributed by atoms with van der Waals surface area (Å²) in [6.45, 7) is 9.79. The average Bonchev–Trinajstić information content (AvgIpc) is 2.83. The number of nitrogens with zero attached hydrogens (tertiary/aromatic N) is 1. The monoisotopic (exact) mass is 457 g/mol. The third-order valence-corrected chi connectivity index (χ3v) is 4.69. The molecular formula is C24H31N3O6. The zero-order chi connectivity index (χ0) is 24.2. The van der Waals surface area contributed by atoms with Crippen molar-refractivity contribution in [3.63, 3.8) is 0 Å². The van der Waals surface area contributed by atoms with Crippen LogP contribution < -0.4 is 25.2 Å². The molecule has 9 heteroatoms. The molecular weight excluding hydrogens is 426 g/mol. The predicted molar refractivity (Wildman–Crippen MR) is 125 cm³/mol. The first kappa shape index (κ1) is 25.5. The van der Waals surface area contributed by atoms with Gasteiger partial charge in [-0.3, -0.25) is 20.4 Å². The Bertz CT molecular complexity index is 942. The maximum Gasteiger partial charge on any atom is 0.338 e. The molecule has 178 valence electrons. The lowest BCUT2D eigenvalue weighted by atomic mass is 10.2. The molecule has 0 aliphatic carbocycles. The van der Waals surface area contributed by atoms with Crippen molar-refractivity contribution in [2.45, 2.75) is 27.7 Å². The molecule has 0 radical (unpaired) electrons. The molecule has 2 rings (SSSR count). The number of carbonyl (C=O) groups excluding carboxylic acids is 3. The fourth-order valence-corrected chi connectivity index (χ4v) is 3.04. The van der Waals surface area contributed by atoms with E-state index in [0.29, 0.717) is 30.3 Å². The second-order valence-corrected chi connectivity index (χ2v) is 6.83. The van der Waals surface area contributed by atoms with Crippen molar-refractivity contribution in [3.05, 3.63) is 53.6 Å². The van der Waals surface area contributed by atoms with Crippen LogP contribution >= 0.6 is 0 Å². The number of carbonyl (C=O) groups is 3. The van der Waals surface area contributed by atoms with E-state index in [-0.39, 0.29) is 5.56 Å². The van der Waals surface area contributed by atoms with Crippen LogP contribution in [0.1, 0.15) is 48.4 Å². The van der Waals surface area contributed by atoms with E-state index < -0.39 is 24.4 Å². The van der Waals surface area contributed by atoms with Gasteiger partial charge in [0, 0.05) is 24.3 Å². The lowest BCUT2D eigenvalue weighted by Gasteiger charge is -2.21. The number of nitrogens with one attached hydrogen (secondary N) is 2. The second kappa shape index (κ2) is 12.9. The van der Waals surface area contributed by atoms with E-state index >= 15 is 0 Å². The molecule has 2 N–H and O–H groups in total. The van der Waals surface area contributed by atoms with Gasteiger partial charge in [0.05, 0.1) is 18.8 Å². The van der Waals surface area contributed by atoms with Crippen LogP contribution in [-0.4, -0.2) is 50.7 Å². The van der Waals surface area contributed by atoms with E-state index in [4.69, 9.17) is 14.2 Å². The minimum Gasteiger partial charge on any atom is -0.490 e. The first-order valence-electron chi connectivity index (χ1n) is 10.9. The van der Waals surface area contributed by atoms with E-state index in [1.165, 1.54) is 12.1 Å². The third-order valence-electron chi connectivity index (χ3n) is 4.69. The van der Waals surface area contributed by atoms with Gasteiger partial charge in [0.25, 0.3) is 11.8 Å². The molecule has 2 aromatic carbocycles. The molecule has 0 aliphatic rings. The fraction of sp³-hybridized carbons (Fsp3) is 0.375. The Labute approximate surface area is 194 Å². The summed E-state index contributed by atoms with van der Waals surface area (Å²) in [5.74, 6) is -0.924.